The molecule has 0 saturated heterocycles. The van der Waals surface area contributed by atoms with Gasteiger partial charge >= 0.3 is 0 Å². The number of hydrogen-bond donors (Lipinski definition) is 0. The SMILES string of the molecule is N#Cc1ncn(CCCCCn2cnc3ccccc32)n1. The summed E-state index contributed by atoms with van der Waals surface area (Å²) in [6.45, 7) is 1.78. The van der Waals surface area contributed by atoms with Crippen molar-refractivity contribution < 1.29 is 0 Å². The van der Waals surface area contributed by atoms with Crippen LogP contribution in [0.25, 0.3) is 11.0 Å². The minimum Gasteiger partial charge on any atom is -0.331 e. The Bertz CT molecular complexity index is 764. The summed E-state index contributed by atoms with van der Waals surface area (Å²) in [6, 6.07) is 10.1. The summed E-state index contributed by atoms with van der Waals surface area (Å²) in [7, 11) is 0. The molecule has 0 saturated carbocycles. The molecule has 1 aromatic carbocycles. The fourth-order valence-electron chi connectivity index (χ4n) is 2.37. The number of para-hydroxylation sites is 2. The van der Waals surface area contributed by atoms with E-state index in [4.69, 9.17) is 5.26 Å². The van der Waals surface area contributed by atoms with Gasteiger partial charge in [0.15, 0.2) is 0 Å². The maximum atomic E-state index is 8.66. The monoisotopic (exact) mass is 280 g/mol. The Morgan fingerprint density at radius 3 is 2.71 bits per heavy atom. The highest BCUT2D eigenvalue weighted by atomic mass is 15.3. The molecule has 0 aliphatic heterocycles. The Balaban J connectivity index is 1.45. The molecule has 2 heterocycles. The molecule has 0 fully saturated rings. The predicted octanol–water partition coefficient (Wildman–Crippen LogP) is 2.37. The zero-order valence-electron chi connectivity index (χ0n) is 11.7. The summed E-state index contributed by atoms with van der Waals surface area (Å²) in [5, 5.41) is 12.7. The van der Waals surface area contributed by atoms with E-state index in [1.165, 1.54) is 5.52 Å². The van der Waals surface area contributed by atoms with Crippen molar-refractivity contribution in [3.05, 3.63) is 42.7 Å². The van der Waals surface area contributed by atoms with Crippen LogP contribution in [0.1, 0.15) is 25.1 Å². The molecule has 3 aromatic rings. The maximum absolute atomic E-state index is 8.66. The first-order valence-corrected chi connectivity index (χ1v) is 7.06. The zero-order chi connectivity index (χ0) is 14.5. The van der Waals surface area contributed by atoms with Gasteiger partial charge in [0, 0.05) is 13.1 Å². The van der Waals surface area contributed by atoms with Crippen molar-refractivity contribution in [3.8, 4) is 6.07 Å². The molecule has 6 heteroatoms. The van der Waals surface area contributed by atoms with Crippen molar-refractivity contribution in [1.29, 1.82) is 5.26 Å². The van der Waals surface area contributed by atoms with E-state index in [9.17, 15) is 0 Å². The molecule has 106 valence electrons. The highest BCUT2D eigenvalue weighted by Gasteiger charge is 2.01. The number of imidazole rings is 1. The van der Waals surface area contributed by atoms with Crippen LogP contribution in [0.3, 0.4) is 0 Å². The first-order chi connectivity index (χ1) is 10.4. The van der Waals surface area contributed by atoms with Gasteiger partial charge in [-0.1, -0.05) is 12.1 Å². The summed E-state index contributed by atoms with van der Waals surface area (Å²) < 4.78 is 3.92. The van der Waals surface area contributed by atoms with Crippen LogP contribution in [0.4, 0.5) is 0 Å². The Labute approximate surface area is 122 Å². The molecule has 6 nitrogen and oxygen atoms in total. The summed E-state index contributed by atoms with van der Waals surface area (Å²) >= 11 is 0. The van der Waals surface area contributed by atoms with E-state index in [0.29, 0.717) is 0 Å². The van der Waals surface area contributed by atoms with Crippen LogP contribution in [-0.2, 0) is 13.1 Å². The van der Waals surface area contributed by atoms with Crippen molar-refractivity contribution in [2.24, 2.45) is 0 Å². The minimum absolute atomic E-state index is 0.236. The molecule has 0 aliphatic rings. The molecule has 0 unspecified atom stereocenters. The molecule has 0 bridgehead atoms. The fourth-order valence-corrected chi connectivity index (χ4v) is 2.37. The second kappa shape index (κ2) is 6.18. The topological polar surface area (TPSA) is 72.3 Å². The number of nitrogens with zero attached hydrogens (tertiary/aromatic N) is 6. The van der Waals surface area contributed by atoms with Crippen molar-refractivity contribution >= 4 is 11.0 Å². The van der Waals surface area contributed by atoms with Gasteiger partial charge in [0.1, 0.15) is 12.4 Å². The smallest absolute Gasteiger partial charge is 0.252 e. The number of aryl methyl sites for hydroxylation is 2. The number of fused-ring (bicyclic) bond motifs is 1. The molecular formula is C15H16N6. The largest absolute Gasteiger partial charge is 0.331 e. The van der Waals surface area contributed by atoms with E-state index in [2.05, 4.69) is 25.7 Å². The van der Waals surface area contributed by atoms with E-state index < -0.39 is 0 Å². The van der Waals surface area contributed by atoms with Gasteiger partial charge in [0.2, 0.25) is 0 Å². The van der Waals surface area contributed by atoms with E-state index in [1.807, 2.05) is 30.6 Å². The van der Waals surface area contributed by atoms with Crippen LogP contribution in [0, 0.1) is 11.3 Å². The van der Waals surface area contributed by atoms with Crippen molar-refractivity contribution in [2.75, 3.05) is 0 Å². The highest BCUT2D eigenvalue weighted by molar-refractivity contribution is 5.74. The third-order valence-electron chi connectivity index (χ3n) is 3.45. The van der Waals surface area contributed by atoms with Crippen LogP contribution in [0.5, 0.6) is 0 Å². The molecule has 0 spiro atoms. The van der Waals surface area contributed by atoms with Crippen LogP contribution in [0.2, 0.25) is 0 Å². The van der Waals surface area contributed by atoms with Gasteiger partial charge in [0.05, 0.1) is 17.4 Å². The summed E-state index contributed by atoms with van der Waals surface area (Å²) in [5.74, 6) is 0.236. The van der Waals surface area contributed by atoms with Gasteiger partial charge in [0.25, 0.3) is 5.82 Å². The Morgan fingerprint density at radius 1 is 1.00 bits per heavy atom. The molecule has 0 amide bonds. The van der Waals surface area contributed by atoms with Gasteiger partial charge in [-0.05, 0) is 31.4 Å². The van der Waals surface area contributed by atoms with Gasteiger partial charge in [-0.3, -0.25) is 4.68 Å². The Hall–Kier alpha value is -2.68. The first-order valence-electron chi connectivity index (χ1n) is 7.06. The number of nitriles is 1. The second-order valence-electron chi connectivity index (χ2n) is 4.93. The van der Waals surface area contributed by atoms with E-state index in [-0.39, 0.29) is 5.82 Å². The summed E-state index contributed by atoms with van der Waals surface area (Å²) in [4.78, 5) is 8.27. The number of rotatable bonds is 6. The van der Waals surface area contributed by atoms with Crippen LogP contribution in [0.15, 0.2) is 36.9 Å². The molecule has 2 aromatic heterocycles. The summed E-state index contributed by atoms with van der Waals surface area (Å²) in [6.07, 6.45) is 6.75. The van der Waals surface area contributed by atoms with E-state index >= 15 is 0 Å². The molecule has 21 heavy (non-hydrogen) atoms. The maximum Gasteiger partial charge on any atom is 0.252 e. The average molecular weight is 280 g/mol. The van der Waals surface area contributed by atoms with Crippen molar-refractivity contribution in [3.63, 3.8) is 0 Å². The molecule has 0 N–H and O–H groups in total. The predicted molar refractivity (Wildman–Crippen MR) is 78.3 cm³/mol. The third kappa shape index (κ3) is 3.08. The van der Waals surface area contributed by atoms with Crippen molar-refractivity contribution in [2.45, 2.75) is 32.4 Å². The van der Waals surface area contributed by atoms with Crippen LogP contribution < -0.4 is 0 Å². The number of hydrogen-bond acceptors (Lipinski definition) is 4. The van der Waals surface area contributed by atoms with Gasteiger partial charge in [-0.2, -0.15) is 5.26 Å². The lowest BCUT2D eigenvalue weighted by Crippen LogP contribution is -2.01. The quantitative estimate of drug-likeness (QED) is 0.650. The highest BCUT2D eigenvalue weighted by Crippen LogP contribution is 2.13. The van der Waals surface area contributed by atoms with E-state index in [0.717, 1.165) is 37.9 Å². The first kappa shape index (κ1) is 13.3. The fraction of sp³-hybridized carbons (Fsp3) is 0.333. The lowest BCUT2D eigenvalue weighted by Gasteiger charge is -2.04. The number of unbranched alkanes of at least 4 members (excludes halogenated alkanes) is 2. The lowest BCUT2D eigenvalue weighted by atomic mass is 10.2. The van der Waals surface area contributed by atoms with Gasteiger partial charge in [-0.15, -0.1) is 5.10 Å². The summed E-state index contributed by atoms with van der Waals surface area (Å²) in [5.41, 5.74) is 2.23. The standard InChI is InChI=1S/C15H16N6/c16-10-15-18-12-21(19-15)9-5-1-4-8-20-11-17-13-6-2-3-7-14(13)20/h2-3,6-7,11-12H,1,4-5,8-9H2. The van der Waals surface area contributed by atoms with Crippen LogP contribution in [-0.4, -0.2) is 24.3 Å². The molecule has 0 atom stereocenters. The Kier molecular flexibility index (Phi) is 3.92. The second-order valence-corrected chi connectivity index (χ2v) is 4.93. The van der Waals surface area contributed by atoms with Gasteiger partial charge in [-0.25, -0.2) is 9.97 Å². The normalized spacial score (nSPS) is 10.8. The average Bonchev–Trinajstić information content (AvgIpc) is 3.14. The Morgan fingerprint density at radius 2 is 1.86 bits per heavy atom. The number of aromatic nitrogens is 5. The minimum atomic E-state index is 0.236. The third-order valence-corrected chi connectivity index (χ3v) is 3.45. The zero-order valence-corrected chi connectivity index (χ0v) is 11.7. The van der Waals surface area contributed by atoms with Gasteiger partial charge < -0.3 is 4.57 Å². The molecule has 0 radical (unpaired) electrons. The van der Waals surface area contributed by atoms with Crippen LogP contribution >= 0.6 is 0 Å². The lowest BCUT2D eigenvalue weighted by molar-refractivity contribution is 0.521. The molecular weight excluding hydrogens is 264 g/mol. The number of benzene rings is 1. The van der Waals surface area contributed by atoms with Crippen molar-refractivity contribution in [1.82, 2.24) is 24.3 Å². The molecule has 3 rings (SSSR count). The molecule has 0 aliphatic carbocycles. The van der Waals surface area contributed by atoms with E-state index in [1.54, 1.807) is 11.0 Å².